The van der Waals surface area contributed by atoms with Crippen molar-refractivity contribution in [1.29, 1.82) is 0 Å². The highest BCUT2D eigenvalue weighted by Gasteiger charge is 2.04. The summed E-state index contributed by atoms with van der Waals surface area (Å²) in [6.07, 6.45) is 1.88. The standard InChI is InChI=1S/C12H22N4O4S/c1-17-3-4-18-5-6-19-7-8-20-11-9-10(16-13)14-12(15-11)21-2/h9H,3-8,13H2,1-2H3,(H,14,15,16). The molecule has 0 amide bonds. The first-order valence-electron chi connectivity index (χ1n) is 6.47. The second-order valence-corrected chi connectivity index (χ2v) is 4.56. The van der Waals surface area contributed by atoms with Crippen molar-refractivity contribution in [2.45, 2.75) is 5.16 Å². The van der Waals surface area contributed by atoms with E-state index in [0.29, 0.717) is 56.5 Å². The zero-order chi connectivity index (χ0) is 15.3. The van der Waals surface area contributed by atoms with Crippen LogP contribution in [-0.4, -0.2) is 63.0 Å². The maximum atomic E-state index is 5.49. The number of hydrogen-bond donors (Lipinski definition) is 2. The highest BCUT2D eigenvalue weighted by atomic mass is 32.2. The quantitative estimate of drug-likeness (QED) is 0.188. The Hall–Kier alpha value is -1.13. The molecule has 1 aromatic rings. The number of hydrazine groups is 1. The normalized spacial score (nSPS) is 10.6. The van der Waals surface area contributed by atoms with Gasteiger partial charge in [0.15, 0.2) is 5.16 Å². The molecule has 1 heterocycles. The molecule has 0 bridgehead atoms. The number of anilines is 1. The van der Waals surface area contributed by atoms with Gasteiger partial charge in [0, 0.05) is 13.2 Å². The third-order valence-electron chi connectivity index (χ3n) is 2.29. The van der Waals surface area contributed by atoms with Gasteiger partial charge in [0.1, 0.15) is 12.4 Å². The minimum absolute atomic E-state index is 0.396. The predicted octanol–water partition coefficient (Wildman–Crippen LogP) is 0.542. The Labute approximate surface area is 128 Å². The number of thioether (sulfide) groups is 1. The highest BCUT2D eigenvalue weighted by molar-refractivity contribution is 7.98. The third kappa shape index (κ3) is 8.02. The Morgan fingerprint density at radius 3 is 2.38 bits per heavy atom. The van der Waals surface area contributed by atoms with Crippen LogP contribution in [0, 0.1) is 0 Å². The minimum atomic E-state index is 0.396. The number of ether oxygens (including phenoxy) is 4. The molecule has 0 aliphatic heterocycles. The Morgan fingerprint density at radius 1 is 1.10 bits per heavy atom. The molecular weight excluding hydrogens is 296 g/mol. The zero-order valence-corrected chi connectivity index (χ0v) is 13.1. The lowest BCUT2D eigenvalue weighted by Crippen LogP contribution is -2.13. The molecule has 0 fully saturated rings. The van der Waals surface area contributed by atoms with Gasteiger partial charge in [-0.1, -0.05) is 11.8 Å². The van der Waals surface area contributed by atoms with Crippen LogP contribution in [-0.2, 0) is 14.2 Å². The second kappa shape index (κ2) is 11.5. The number of rotatable bonds is 12. The van der Waals surface area contributed by atoms with Crippen LogP contribution in [0.1, 0.15) is 0 Å². The van der Waals surface area contributed by atoms with Gasteiger partial charge in [0.05, 0.1) is 33.0 Å². The highest BCUT2D eigenvalue weighted by Crippen LogP contribution is 2.17. The van der Waals surface area contributed by atoms with Crippen LogP contribution in [0.25, 0.3) is 0 Å². The number of hydrogen-bond acceptors (Lipinski definition) is 9. The molecule has 1 rings (SSSR count). The molecule has 0 saturated carbocycles. The molecule has 0 aliphatic carbocycles. The van der Waals surface area contributed by atoms with E-state index in [0.717, 1.165) is 0 Å². The zero-order valence-electron chi connectivity index (χ0n) is 12.3. The lowest BCUT2D eigenvalue weighted by Gasteiger charge is -2.09. The SMILES string of the molecule is COCCOCCOCCOc1cc(NN)nc(SC)n1. The number of nitrogens with one attached hydrogen (secondary N) is 1. The fraction of sp³-hybridized carbons (Fsp3) is 0.667. The van der Waals surface area contributed by atoms with Crippen molar-refractivity contribution in [2.75, 3.05) is 58.4 Å². The first-order chi connectivity index (χ1) is 10.3. The van der Waals surface area contributed by atoms with Crippen LogP contribution in [0.15, 0.2) is 11.2 Å². The first kappa shape index (κ1) is 17.9. The first-order valence-corrected chi connectivity index (χ1v) is 7.69. The van der Waals surface area contributed by atoms with E-state index in [1.54, 1.807) is 13.2 Å². The smallest absolute Gasteiger partial charge is 0.219 e. The van der Waals surface area contributed by atoms with Gasteiger partial charge < -0.3 is 24.4 Å². The van der Waals surface area contributed by atoms with Crippen molar-refractivity contribution in [3.05, 3.63) is 6.07 Å². The average Bonchev–Trinajstić information content (AvgIpc) is 2.52. The Balaban J connectivity index is 2.15. The Bertz CT molecular complexity index is 375. The molecule has 0 aliphatic rings. The summed E-state index contributed by atoms with van der Waals surface area (Å²) in [5, 5.41) is 0.591. The van der Waals surface area contributed by atoms with E-state index in [2.05, 4.69) is 15.4 Å². The maximum Gasteiger partial charge on any atom is 0.219 e. The van der Waals surface area contributed by atoms with E-state index in [-0.39, 0.29) is 0 Å². The molecule has 21 heavy (non-hydrogen) atoms. The number of nitrogen functional groups attached to an aromatic ring is 1. The van der Waals surface area contributed by atoms with Gasteiger partial charge in [0.25, 0.3) is 0 Å². The van der Waals surface area contributed by atoms with Gasteiger partial charge in [0.2, 0.25) is 5.88 Å². The third-order valence-corrected chi connectivity index (χ3v) is 2.84. The summed E-state index contributed by atoms with van der Waals surface area (Å²) in [4.78, 5) is 8.35. The minimum Gasteiger partial charge on any atom is -0.475 e. The molecule has 0 aromatic carbocycles. The molecule has 0 spiro atoms. The van der Waals surface area contributed by atoms with E-state index in [1.165, 1.54) is 11.8 Å². The molecule has 0 unspecified atom stereocenters. The number of nitrogens with zero attached hydrogens (tertiary/aromatic N) is 2. The van der Waals surface area contributed by atoms with Gasteiger partial charge in [-0.3, -0.25) is 0 Å². The number of methoxy groups -OCH3 is 1. The second-order valence-electron chi connectivity index (χ2n) is 3.79. The largest absolute Gasteiger partial charge is 0.475 e. The summed E-state index contributed by atoms with van der Waals surface area (Å²) >= 11 is 1.41. The summed E-state index contributed by atoms with van der Waals surface area (Å²) in [7, 11) is 1.64. The Kier molecular flexibility index (Phi) is 9.83. The van der Waals surface area contributed by atoms with E-state index < -0.39 is 0 Å². The topological polar surface area (TPSA) is 101 Å². The summed E-state index contributed by atoms with van der Waals surface area (Å²) in [5.41, 5.74) is 2.47. The number of aromatic nitrogens is 2. The predicted molar refractivity (Wildman–Crippen MR) is 80.6 cm³/mol. The van der Waals surface area contributed by atoms with Gasteiger partial charge in [-0.05, 0) is 6.26 Å². The molecule has 0 atom stereocenters. The summed E-state index contributed by atoms with van der Waals surface area (Å²) < 4.78 is 21.0. The lowest BCUT2D eigenvalue weighted by atomic mass is 10.5. The molecule has 0 saturated heterocycles. The molecule has 120 valence electrons. The van der Waals surface area contributed by atoms with Crippen LogP contribution in [0.3, 0.4) is 0 Å². The lowest BCUT2D eigenvalue weighted by molar-refractivity contribution is 0.0176. The molecule has 9 heteroatoms. The van der Waals surface area contributed by atoms with Gasteiger partial charge in [-0.15, -0.1) is 0 Å². The fourth-order valence-electron chi connectivity index (χ4n) is 1.31. The average molecular weight is 318 g/mol. The van der Waals surface area contributed by atoms with E-state index in [9.17, 15) is 0 Å². The Morgan fingerprint density at radius 2 is 1.76 bits per heavy atom. The maximum absolute atomic E-state index is 5.49. The van der Waals surface area contributed by atoms with Crippen LogP contribution < -0.4 is 16.0 Å². The van der Waals surface area contributed by atoms with Crippen LogP contribution in [0.2, 0.25) is 0 Å². The summed E-state index contributed by atoms with van der Waals surface area (Å²) in [5.74, 6) is 6.31. The van der Waals surface area contributed by atoms with Crippen LogP contribution in [0.5, 0.6) is 5.88 Å². The fourth-order valence-corrected chi connectivity index (χ4v) is 1.68. The van der Waals surface area contributed by atoms with Crippen molar-refractivity contribution in [2.24, 2.45) is 5.84 Å². The van der Waals surface area contributed by atoms with Crippen molar-refractivity contribution < 1.29 is 18.9 Å². The van der Waals surface area contributed by atoms with Crippen molar-refractivity contribution in [1.82, 2.24) is 9.97 Å². The van der Waals surface area contributed by atoms with E-state index in [1.807, 2.05) is 6.26 Å². The van der Waals surface area contributed by atoms with Gasteiger partial charge >= 0.3 is 0 Å². The monoisotopic (exact) mass is 318 g/mol. The van der Waals surface area contributed by atoms with E-state index in [4.69, 9.17) is 24.8 Å². The van der Waals surface area contributed by atoms with E-state index >= 15 is 0 Å². The van der Waals surface area contributed by atoms with Crippen molar-refractivity contribution in [3.8, 4) is 5.88 Å². The van der Waals surface area contributed by atoms with Crippen LogP contribution >= 0.6 is 11.8 Å². The molecule has 3 N–H and O–H groups in total. The van der Waals surface area contributed by atoms with Crippen molar-refractivity contribution >= 4 is 17.6 Å². The molecule has 1 aromatic heterocycles. The van der Waals surface area contributed by atoms with Gasteiger partial charge in [-0.2, -0.15) is 4.98 Å². The molecule has 8 nitrogen and oxygen atoms in total. The van der Waals surface area contributed by atoms with Crippen molar-refractivity contribution in [3.63, 3.8) is 0 Å². The van der Waals surface area contributed by atoms with Gasteiger partial charge in [-0.25, -0.2) is 10.8 Å². The molecular formula is C12H22N4O4S. The number of nitrogens with two attached hydrogens (primary N) is 1. The summed E-state index contributed by atoms with van der Waals surface area (Å²) in [6.45, 7) is 3.07. The summed E-state index contributed by atoms with van der Waals surface area (Å²) in [6, 6.07) is 1.63. The van der Waals surface area contributed by atoms with Crippen LogP contribution in [0.4, 0.5) is 5.82 Å². The molecule has 0 radical (unpaired) electrons.